The Labute approximate surface area is 136 Å². The third kappa shape index (κ3) is 3.76. The van der Waals surface area contributed by atoms with Crippen molar-refractivity contribution in [2.24, 2.45) is 0 Å². The molecule has 0 amide bonds. The number of hydrogen-bond acceptors (Lipinski definition) is 4. The van der Waals surface area contributed by atoms with Gasteiger partial charge in [0.05, 0.1) is 12.3 Å². The Balaban J connectivity index is 1.54. The number of piperazine rings is 1. The molecule has 2 heterocycles. The molecule has 0 bridgehead atoms. The van der Waals surface area contributed by atoms with E-state index in [-0.39, 0.29) is 5.69 Å². The van der Waals surface area contributed by atoms with Gasteiger partial charge in [0.15, 0.2) is 0 Å². The van der Waals surface area contributed by atoms with Crippen LogP contribution in [0.1, 0.15) is 6.92 Å². The summed E-state index contributed by atoms with van der Waals surface area (Å²) in [5, 5.41) is 0. The molecule has 0 aliphatic carbocycles. The van der Waals surface area contributed by atoms with E-state index >= 15 is 0 Å². The van der Waals surface area contributed by atoms with Crippen molar-refractivity contribution in [3.05, 3.63) is 47.1 Å². The lowest BCUT2D eigenvalue weighted by Gasteiger charge is -2.36. The van der Waals surface area contributed by atoms with Gasteiger partial charge in [-0.15, -0.1) is 0 Å². The summed E-state index contributed by atoms with van der Waals surface area (Å²) < 4.78 is 7.45. The number of imidazole rings is 1. The van der Waals surface area contributed by atoms with Crippen LogP contribution >= 0.6 is 0 Å². The molecule has 3 rings (SSSR count). The molecule has 1 fully saturated rings. The van der Waals surface area contributed by atoms with Crippen LogP contribution in [0.5, 0.6) is 5.75 Å². The number of hydrogen-bond donors (Lipinski definition) is 1. The topological polar surface area (TPSA) is 53.5 Å². The van der Waals surface area contributed by atoms with E-state index in [1.165, 1.54) is 5.69 Å². The second kappa shape index (κ2) is 7.37. The number of aromatic nitrogens is 2. The van der Waals surface area contributed by atoms with Crippen molar-refractivity contribution in [2.45, 2.75) is 13.5 Å². The third-order valence-electron chi connectivity index (χ3n) is 4.26. The van der Waals surface area contributed by atoms with Gasteiger partial charge in [-0.2, -0.15) is 0 Å². The fourth-order valence-electron chi connectivity index (χ4n) is 2.98. The standard InChI is InChI=1S/C17H24N4O2/c1-2-23-16-6-4-3-5-15(16)20-12-9-19(10-13-20)11-14-21-8-7-18-17(21)22/h3-8H,2,9-14H2,1H3,(H,18,22). The van der Waals surface area contributed by atoms with Crippen LogP contribution in [-0.2, 0) is 6.54 Å². The first-order valence-corrected chi connectivity index (χ1v) is 8.21. The van der Waals surface area contributed by atoms with Gasteiger partial charge in [-0.3, -0.25) is 9.47 Å². The Hall–Kier alpha value is -2.21. The minimum Gasteiger partial charge on any atom is -0.492 e. The monoisotopic (exact) mass is 316 g/mol. The van der Waals surface area contributed by atoms with Crippen molar-refractivity contribution in [1.82, 2.24) is 14.5 Å². The summed E-state index contributed by atoms with van der Waals surface area (Å²) in [5.74, 6) is 0.960. The summed E-state index contributed by atoms with van der Waals surface area (Å²) in [6, 6.07) is 8.23. The summed E-state index contributed by atoms with van der Waals surface area (Å²) in [4.78, 5) is 18.9. The molecule has 2 aromatic rings. The zero-order valence-electron chi connectivity index (χ0n) is 13.6. The molecule has 124 valence electrons. The van der Waals surface area contributed by atoms with Crippen LogP contribution in [0.15, 0.2) is 41.5 Å². The van der Waals surface area contributed by atoms with Gasteiger partial charge < -0.3 is 14.6 Å². The predicted octanol–water partition coefficient (Wildman–Crippen LogP) is 1.40. The lowest BCUT2D eigenvalue weighted by molar-refractivity contribution is 0.246. The number of para-hydroxylation sites is 2. The highest BCUT2D eigenvalue weighted by Crippen LogP contribution is 2.28. The quantitative estimate of drug-likeness (QED) is 0.875. The van der Waals surface area contributed by atoms with Crippen molar-refractivity contribution in [2.75, 3.05) is 44.2 Å². The van der Waals surface area contributed by atoms with Gasteiger partial charge in [0.25, 0.3) is 0 Å². The number of rotatable bonds is 6. The van der Waals surface area contributed by atoms with Crippen LogP contribution in [0, 0.1) is 0 Å². The fraction of sp³-hybridized carbons (Fsp3) is 0.471. The van der Waals surface area contributed by atoms with E-state index in [1.54, 1.807) is 17.0 Å². The van der Waals surface area contributed by atoms with Crippen molar-refractivity contribution in [3.63, 3.8) is 0 Å². The molecule has 1 N–H and O–H groups in total. The maximum atomic E-state index is 11.5. The third-order valence-corrected chi connectivity index (χ3v) is 4.26. The van der Waals surface area contributed by atoms with E-state index in [1.807, 2.05) is 19.1 Å². The Morgan fingerprint density at radius 3 is 2.61 bits per heavy atom. The molecular formula is C17H24N4O2. The molecule has 0 unspecified atom stereocenters. The minimum atomic E-state index is -0.0331. The number of aromatic amines is 1. The second-order valence-corrected chi connectivity index (χ2v) is 5.69. The Morgan fingerprint density at radius 2 is 1.91 bits per heavy atom. The van der Waals surface area contributed by atoms with Gasteiger partial charge in [-0.25, -0.2) is 4.79 Å². The maximum absolute atomic E-state index is 11.5. The first kappa shape index (κ1) is 15.7. The summed E-state index contributed by atoms with van der Waals surface area (Å²) in [6.45, 7) is 8.29. The number of H-pyrrole nitrogens is 1. The van der Waals surface area contributed by atoms with E-state index in [2.05, 4.69) is 26.9 Å². The number of nitrogens with zero attached hydrogens (tertiary/aromatic N) is 3. The molecule has 1 aliphatic heterocycles. The molecule has 0 saturated carbocycles. The number of benzene rings is 1. The number of nitrogens with one attached hydrogen (secondary N) is 1. The summed E-state index contributed by atoms with van der Waals surface area (Å²) in [7, 11) is 0. The highest BCUT2D eigenvalue weighted by atomic mass is 16.5. The van der Waals surface area contributed by atoms with Crippen molar-refractivity contribution in [1.29, 1.82) is 0 Å². The molecule has 1 aromatic heterocycles. The van der Waals surface area contributed by atoms with Gasteiger partial charge in [-0.05, 0) is 19.1 Å². The van der Waals surface area contributed by atoms with E-state index in [0.717, 1.165) is 45.0 Å². The highest BCUT2D eigenvalue weighted by Gasteiger charge is 2.19. The van der Waals surface area contributed by atoms with Gasteiger partial charge >= 0.3 is 5.69 Å². The van der Waals surface area contributed by atoms with Crippen molar-refractivity contribution < 1.29 is 4.74 Å². The van der Waals surface area contributed by atoms with E-state index in [9.17, 15) is 4.79 Å². The first-order chi connectivity index (χ1) is 11.3. The summed E-state index contributed by atoms with van der Waals surface area (Å²) in [5.41, 5.74) is 1.14. The molecule has 1 aromatic carbocycles. The molecule has 1 aliphatic rings. The van der Waals surface area contributed by atoms with Crippen molar-refractivity contribution >= 4 is 5.69 Å². The number of ether oxygens (including phenoxy) is 1. The predicted molar refractivity (Wildman–Crippen MR) is 91.3 cm³/mol. The zero-order valence-corrected chi connectivity index (χ0v) is 13.6. The normalized spacial score (nSPS) is 15.8. The van der Waals surface area contributed by atoms with Crippen LogP contribution < -0.4 is 15.3 Å². The minimum absolute atomic E-state index is 0.0331. The van der Waals surface area contributed by atoms with Gasteiger partial charge in [0.2, 0.25) is 0 Å². The molecule has 1 saturated heterocycles. The lowest BCUT2D eigenvalue weighted by Crippen LogP contribution is -2.47. The second-order valence-electron chi connectivity index (χ2n) is 5.69. The molecule has 6 nitrogen and oxygen atoms in total. The molecule has 0 atom stereocenters. The molecule has 23 heavy (non-hydrogen) atoms. The van der Waals surface area contributed by atoms with Gasteiger partial charge in [-0.1, -0.05) is 12.1 Å². The van der Waals surface area contributed by atoms with Crippen LogP contribution in [0.2, 0.25) is 0 Å². The van der Waals surface area contributed by atoms with Gasteiger partial charge in [0.1, 0.15) is 5.75 Å². The van der Waals surface area contributed by atoms with Crippen LogP contribution in [0.25, 0.3) is 0 Å². The van der Waals surface area contributed by atoms with Crippen LogP contribution in [-0.4, -0.2) is 53.8 Å². The van der Waals surface area contributed by atoms with Crippen LogP contribution in [0.3, 0.4) is 0 Å². The number of anilines is 1. The smallest absolute Gasteiger partial charge is 0.325 e. The Morgan fingerprint density at radius 1 is 1.13 bits per heavy atom. The zero-order chi connectivity index (χ0) is 16.1. The molecule has 6 heteroatoms. The van der Waals surface area contributed by atoms with Crippen LogP contribution in [0.4, 0.5) is 5.69 Å². The maximum Gasteiger partial charge on any atom is 0.325 e. The molecule has 0 spiro atoms. The summed E-state index contributed by atoms with van der Waals surface area (Å²) >= 11 is 0. The summed E-state index contributed by atoms with van der Waals surface area (Å²) in [6.07, 6.45) is 3.49. The molecular weight excluding hydrogens is 292 g/mol. The Kier molecular flexibility index (Phi) is 5.02. The fourth-order valence-corrected chi connectivity index (χ4v) is 2.98. The molecule has 0 radical (unpaired) electrons. The largest absolute Gasteiger partial charge is 0.492 e. The van der Waals surface area contributed by atoms with E-state index in [4.69, 9.17) is 4.74 Å². The SMILES string of the molecule is CCOc1ccccc1N1CCN(CCn2cc[nH]c2=O)CC1. The van der Waals surface area contributed by atoms with Crippen molar-refractivity contribution in [3.8, 4) is 5.75 Å². The first-order valence-electron chi connectivity index (χ1n) is 8.21. The average molecular weight is 316 g/mol. The van der Waals surface area contributed by atoms with E-state index < -0.39 is 0 Å². The Bertz CT molecular complexity index is 671. The van der Waals surface area contributed by atoms with E-state index in [0.29, 0.717) is 6.61 Å². The average Bonchev–Trinajstić information content (AvgIpc) is 2.99. The lowest BCUT2D eigenvalue weighted by atomic mass is 10.2. The highest BCUT2D eigenvalue weighted by molar-refractivity contribution is 5.58. The van der Waals surface area contributed by atoms with Gasteiger partial charge in [0, 0.05) is 51.7 Å².